The number of carbonyl (C=O) groups is 2. The molecule has 204 valence electrons. The number of aromatic nitrogens is 1. The fourth-order valence-corrected chi connectivity index (χ4v) is 5.68. The monoisotopic (exact) mass is 543 g/mol. The van der Waals surface area contributed by atoms with Crippen molar-refractivity contribution in [1.82, 2.24) is 14.4 Å². The van der Waals surface area contributed by atoms with Crippen molar-refractivity contribution in [3.05, 3.63) is 107 Å². The molecular formula is C33H38ClN3O2. The topological polar surface area (TPSA) is 45.6 Å². The molecule has 2 saturated heterocycles. The van der Waals surface area contributed by atoms with E-state index in [1.807, 2.05) is 96.1 Å². The second kappa shape index (κ2) is 13.6. The number of benzene rings is 3. The minimum atomic E-state index is 0.282. The van der Waals surface area contributed by atoms with Crippen LogP contribution < -0.4 is 0 Å². The second-order valence-corrected chi connectivity index (χ2v) is 10.5. The van der Waals surface area contributed by atoms with Gasteiger partial charge in [-0.3, -0.25) is 9.59 Å². The van der Waals surface area contributed by atoms with Gasteiger partial charge in [-0.25, -0.2) is 0 Å². The number of rotatable bonds is 5. The molecule has 0 radical (unpaired) electrons. The highest BCUT2D eigenvalue weighted by Crippen LogP contribution is 2.32. The number of nitrogens with zero attached hydrogens (tertiary/aromatic N) is 3. The van der Waals surface area contributed by atoms with Crippen molar-refractivity contribution < 1.29 is 9.59 Å². The van der Waals surface area contributed by atoms with Crippen LogP contribution in [0.3, 0.4) is 0 Å². The zero-order valence-electron chi connectivity index (χ0n) is 23.1. The largest absolute Gasteiger partial charge is 0.338 e. The summed E-state index contributed by atoms with van der Waals surface area (Å²) in [6.45, 7) is 8.51. The molecule has 1 amide bonds. The lowest BCUT2D eigenvalue weighted by Gasteiger charge is -2.30. The summed E-state index contributed by atoms with van der Waals surface area (Å²) in [5.41, 5.74) is 4.11. The van der Waals surface area contributed by atoms with Crippen molar-refractivity contribution in [3.63, 3.8) is 0 Å². The number of halogens is 1. The molecule has 2 aliphatic rings. The van der Waals surface area contributed by atoms with E-state index in [0.29, 0.717) is 24.1 Å². The molecule has 5 nitrogen and oxygen atoms in total. The number of piperidine rings is 1. The predicted octanol–water partition coefficient (Wildman–Crippen LogP) is 6.78. The van der Waals surface area contributed by atoms with Gasteiger partial charge in [-0.05, 0) is 55.4 Å². The summed E-state index contributed by atoms with van der Waals surface area (Å²) in [5.74, 6) is 1.20. The summed E-state index contributed by atoms with van der Waals surface area (Å²) in [4.78, 5) is 28.0. The number of amides is 1. The first-order valence-corrected chi connectivity index (χ1v) is 14.2. The molecule has 0 N–H and O–H groups in total. The van der Waals surface area contributed by atoms with Crippen molar-refractivity contribution in [2.45, 2.75) is 33.4 Å². The Bertz CT molecular complexity index is 1370. The molecule has 39 heavy (non-hydrogen) atoms. The molecule has 2 fully saturated rings. The highest BCUT2D eigenvalue weighted by atomic mass is 35.5. The van der Waals surface area contributed by atoms with E-state index in [-0.39, 0.29) is 5.92 Å². The first kappa shape index (κ1) is 28.6. The van der Waals surface area contributed by atoms with Gasteiger partial charge in [-0.15, -0.1) is 0 Å². The molecule has 6 heteroatoms. The fourth-order valence-electron chi connectivity index (χ4n) is 5.56. The van der Waals surface area contributed by atoms with Crippen LogP contribution >= 0.6 is 11.6 Å². The van der Waals surface area contributed by atoms with Crippen LogP contribution in [0.25, 0.3) is 10.9 Å². The minimum Gasteiger partial charge on any atom is -0.338 e. The quantitative estimate of drug-likeness (QED) is 0.261. The average Bonchev–Trinajstić information content (AvgIpc) is 3.48. The molecule has 0 aliphatic carbocycles. The molecule has 0 bridgehead atoms. The van der Waals surface area contributed by atoms with Gasteiger partial charge < -0.3 is 14.4 Å². The van der Waals surface area contributed by atoms with Gasteiger partial charge in [0, 0.05) is 53.9 Å². The summed E-state index contributed by atoms with van der Waals surface area (Å²) < 4.78 is 2.02. The van der Waals surface area contributed by atoms with Crippen LogP contribution in [0.5, 0.6) is 0 Å². The normalized spacial score (nSPS) is 18.6. The first-order valence-electron chi connectivity index (χ1n) is 13.8. The van der Waals surface area contributed by atoms with Crippen LogP contribution in [-0.2, 0) is 17.9 Å². The molecular weight excluding hydrogens is 506 g/mol. The summed E-state index contributed by atoms with van der Waals surface area (Å²) >= 11 is 5.88. The SMILES string of the molecule is CC.CN1CCC2C(=O)N(Cc3ccccc3)CC2C1.O=Cc1cc2ccccc2n1Cc1ccc(Cl)cc1. The summed E-state index contributed by atoms with van der Waals surface area (Å²) in [5, 5.41) is 1.80. The Morgan fingerprint density at radius 2 is 1.54 bits per heavy atom. The molecule has 3 aromatic carbocycles. The Morgan fingerprint density at radius 3 is 2.26 bits per heavy atom. The Balaban J connectivity index is 0.000000170. The zero-order chi connectivity index (χ0) is 27.8. The summed E-state index contributed by atoms with van der Waals surface area (Å²) in [6, 6.07) is 27.9. The fraction of sp³-hybridized carbons (Fsp3) is 0.333. The van der Waals surface area contributed by atoms with Crippen LogP contribution in [0.1, 0.15) is 41.9 Å². The number of aldehydes is 1. The lowest BCUT2D eigenvalue weighted by molar-refractivity contribution is -0.132. The van der Waals surface area contributed by atoms with E-state index in [4.69, 9.17) is 11.6 Å². The molecule has 2 unspecified atom stereocenters. The van der Waals surface area contributed by atoms with E-state index >= 15 is 0 Å². The lowest BCUT2D eigenvalue weighted by Crippen LogP contribution is -2.38. The van der Waals surface area contributed by atoms with Gasteiger partial charge in [-0.2, -0.15) is 0 Å². The molecule has 4 aromatic rings. The number of hydrogen-bond acceptors (Lipinski definition) is 3. The van der Waals surface area contributed by atoms with Crippen LogP contribution in [0.4, 0.5) is 0 Å². The van der Waals surface area contributed by atoms with E-state index in [1.54, 1.807) is 0 Å². The Labute approximate surface area is 237 Å². The average molecular weight is 544 g/mol. The predicted molar refractivity (Wildman–Crippen MR) is 160 cm³/mol. The van der Waals surface area contributed by atoms with Gasteiger partial charge in [0.1, 0.15) is 0 Å². The maximum Gasteiger partial charge on any atom is 0.226 e. The van der Waals surface area contributed by atoms with Gasteiger partial charge in [-0.1, -0.05) is 86.1 Å². The minimum absolute atomic E-state index is 0.282. The van der Waals surface area contributed by atoms with Gasteiger partial charge in [0.05, 0.1) is 5.69 Å². The van der Waals surface area contributed by atoms with Crippen LogP contribution in [0.2, 0.25) is 5.02 Å². The third-order valence-electron chi connectivity index (χ3n) is 7.45. The van der Waals surface area contributed by atoms with E-state index < -0.39 is 0 Å². The molecule has 2 aliphatic heterocycles. The van der Waals surface area contributed by atoms with Gasteiger partial charge in [0.15, 0.2) is 6.29 Å². The van der Waals surface area contributed by atoms with Crippen molar-refractivity contribution in [1.29, 1.82) is 0 Å². The molecule has 0 spiro atoms. The Kier molecular flexibility index (Phi) is 9.96. The van der Waals surface area contributed by atoms with Crippen molar-refractivity contribution in [3.8, 4) is 0 Å². The Hall–Kier alpha value is -3.41. The van der Waals surface area contributed by atoms with E-state index in [2.05, 4.69) is 24.1 Å². The van der Waals surface area contributed by atoms with Crippen molar-refractivity contribution in [2.75, 3.05) is 26.7 Å². The molecule has 6 rings (SSSR count). The van der Waals surface area contributed by atoms with Crippen molar-refractivity contribution in [2.24, 2.45) is 11.8 Å². The maximum absolute atomic E-state index is 12.4. The number of fused-ring (bicyclic) bond motifs is 2. The maximum atomic E-state index is 12.4. The number of hydrogen-bond donors (Lipinski definition) is 0. The Morgan fingerprint density at radius 1 is 0.872 bits per heavy atom. The number of carbonyl (C=O) groups excluding carboxylic acids is 2. The molecule has 2 atom stereocenters. The van der Waals surface area contributed by atoms with Crippen molar-refractivity contribution >= 4 is 34.7 Å². The van der Waals surface area contributed by atoms with Gasteiger partial charge >= 0.3 is 0 Å². The third kappa shape index (κ3) is 6.97. The third-order valence-corrected chi connectivity index (χ3v) is 7.71. The van der Waals surface area contributed by atoms with Gasteiger partial charge in [0.2, 0.25) is 5.91 Å². The first-order chi connectivity index (χ1) is 19.0. The van der Waals surface area contributed by atoms with Crippen LogP contribution in [0.15, 0.2) is 84.9 Å². The van der Waals surface area contributed by atoms with E-state index in [9.17, 15) is 9.59 Å². The number of para-hydroxylation sites is 1. The highest BCUT2D eigenvalue weighted by molar-refractivity contribution is 6.30. The lowest BCUT2D eigenvalue weighted by atomic mass is 9.88. The van der Waals surface area contributed by atoms with Gasteiger partial charge in [0.25, 0.3) is 0 Å². The van der Waals surface area contributed by atoms with E-state index in [1.165, 1.54) is 5.56 Å². The molecule has 3 heterocycles. The zero-order valence-corrected chi connectivity index (χ0v) is 23.8. The second-order valence-electron chi connectivity index (χ2n) is 10.1. The smallest absolute Gasteiger partial charge is 0.226 e. The standard InChI is InChI=1S/C16H12ClNO.C15H20N2O.C2H6/c17-14-7-5-12(6-8-14)10-18-15(11-19)9-13-3-1-2-4-16(13)18;1-16-8-7-14-13(10-16)11-17(15(14)18)9-12-5-3-2-4-6-12;1-2/h1-9,11H,10H2;2-6,13-14H,7-11H2,1H3;1-2H3. The summed E-state index contributed by atoms with van der Waals surface area (Å²) in [6.07, 6.45) is 1.93. The van der Waals surface area contributed by atoms with Crippen LogP contribution in [0, 0.1) is 11.8 Å². The van der Waals surface area contributed by atoms with Crippen LogP contribution in [-0.4, -0.2) is 53.2 Å². The number of likely N-dealkylation sites (tertiary alicyclic amines) is 2. The highest BCUT2D eigenvalue weighted by Gasteiger charge is 2.42. The summed E-state index contributed by atoms with van der Waals surface area (Å²) in [7, 11) is 2.15. The van der Waals surface area contributed by atoms with E-state index in [0.717, 1.165) is 60.4 Å². The molecule has 0 saturated carbocycles. The molecule has 1 aromatic heterocycles.